The van der Waals surface area contributed by atoms with Crippen molar-refractivity contribution in [3.63, 3.8) is 0 Å². The lowest BCUT2D eigenvalue weighted by Gasteiger charge is -2.24. The first-order valence-corrected chi connectivity index (χ1v) is 11.9. The minimum atomic E-state index is -4.33. The van der Waals surface area contributed by atoms with Crippen LogP contribution in [0.25, 0.3) is 11.3 Å². The summed E-state index contributed by atoms with van der Waals surface area (Å²) in [7, 11) is 0. The fourth-order valence-electron chi connectivity index (χ4n) is 4.14. The zero-order chi connectivity index (χ0) is 23.3. The molecule has 174 valence electrons. The highest BCUT2D eigenvalue weighted by molar-refractivity contribution is 7.09. The van der Waals surface area contributed by atoms with Crippen LogP contribution in [0.4, 0.5) is 13.2 Å². The van der Waals surface area contributed by atoms with Gasteiger partial charge in [0.15, 0.2) is 0 Å². The molecule has 1 aliphatic heterocycles. The number of benzene rings is 2. The average molecular weight is 474 g/mol. The van der Waals surface area contributed by atoms with Gasteiger partial charge in [-0.25, -0.2) is 4.98 Å². The molecule has 1 amide bonds. The summed E-state index contributed by atoms with van der Waals surface area (Å²) in [5.74, 6) is 0.165. The normalized spacial score (nSPS) is 16.5. The number of amides is 1. The lowest BCUT2D eigenvalue weighted by Crippen LogP contribution is -2.36. The van der Waals surface area contributed by atoms with Crippen molar-refractivity contribution in [2.24, 2.45) is 0 Å². The number of rotatable bonds is 9. The molecule has 0 aliphatic carbocycles. The summed E-state index contributed by atoms with van der Waals surface area (Å²) in [6.45, 7) is 1.64. The number of nitrogens with one attached hydrogen (secondary N) is 1. The van der Waals surface area contributed by atoms with Crippen LogP contribution in [0.2, 0.25) is 0 Å². The maximum atomic E-state index is 12.9. The van der Waals surface area contributed by atoms with Gasteiger partial charge in [-0.3, -0.25) is 4.79 Å². The van der Waals surface area contributed by atoms with E-state index in [0.717, 1.165) is 41.6 Å². The van der Waals surface area contributed by atoms with Gasteiger partial charge in [-0.2, -0.15) is 13.2 Å². The Hall–Kier alpha value is -2.71. The lowest BCUT2D eigenvalue weighted by atomic mass is 10.1. The molecule has 0 spiro atoms. The number of carbonyl (C=O) groups excluding carboxylic acids is 1. The Bertz CT molecular complexity index is 1070. The van der Waals surface area contributed by atoms with E-state index in [1.807, 2.05) is 40.6 Å². The first kappa shape index (κ1) is 23.4. The second kappa shape index (κ2) is 10.5. The topological polar surface area (TPSA) is 45.2 Å². The fraction of sp³-hybridized carbons (Fsp3) is 0.360. The Morgan fingerprint density at radius 1 is 1.12 bits per heavy atom. The molecule has 33 heavy (non-hydrogen) atoms. The monoisotopic (exact) mass is 473 g/mol. The number of alkyl halides is 3. The van der Waals surface area contributed by atoms with Crippen LogP contribution in [0.1, 0.15) is 35.4 Å². The molecular weight excluding hydrogens is 447 g/mol. The van der Waals surface area contributed by atoms with Crippen LogP contribution in [0.15, 0.2) is 60.0 Å². The van der Waals surface area contributed by atoms with Crippen molar-refractivity contribution in [3.8, 4) is 11.3 Å². The third kappa shape index (κ3) is 6.21. The van der Waals surface area contributed by atoms with Crippen molar-refractivity contribution in [1.29, 1.82) is 0 Å². The van der Waals surface area contributed by atoms with Crippen molar-refractivity contribution in [3.05, 3.63) is 76.1 Å². The second-order valence-electron chi connectivity index (χ2n) is 8.19. The van der Waals surface area contributed by atoms with E-state index < -0.39 is 11.7 Å². The standard InChI is InChI=1S/C25H26F3N3OS/c26-25(27,28)20-8-4-5-18(15-20)16-29-13-11-21-9-10-24(32)31(21)14-12-23-30-22(17-33-23)19-6-2-1-3-7-19/h1-8,15,17,21,29H,9-14,16H2. The Balaban J connectivity index is 1.25. The molecule has 8 heteroatoms. The largest absolute Gasteiger partial charge is 0.416 e. The van der Waals surface area contributed by atoms with Gasteiger partial charge in [0.05, 0.1) is 16.3 Å². The summed E-state index contributed by atoms with van der Waals surface area (Å²) in [5.41, 5.74) is 2.01. The van der Waals surface area contributed by atoms with E-state index >= 15 is 0 Å². The number of likely N-dealkylation sites (tertiary alicyclic amines) is 1. The van der Waals surface area contributed by atoms with Crippen LogP contribution in [-0.2, 0) is 23.9 Å². The average Bonchev–Trinajstić information content (AvgIpc) is 3.42. The van der Waals surface area contributed by atoms with Crippen molar-refractivity contribution >= 4 is 17.2 Å². The van der Waals surface area contributed by atoms with Gasteiger partial charge in [-0.15, -0.1) is 11.3 Å². The SMILES string of the molecule is O=C1CCC(CCNCc2cccc(C(F)(F)F)c2)N1CCc1nc(-c2ccccc2)cs1. The van der Waals surface area contributed by atoms with Gasteiger partial charge in [0, 0.05) is 42.9 Å². The number of halogens is 3. The molecule has 0 radical (unpaired) electrons. The summed E-state index contributed by atoms with van der Waals surface area (Å²) >= 11 is 1.61. The number of hydrogen-bond acceptors (Lipinski definition) is 4. The van der Waals surface area contributed by atoms with E-state index in [4.69, 9.17) is 4.98 Å². The minimum Gasteiger partial charge on any atom is -0.339 e. The second-order valence-corrected chi connectivity index (χ2v) is 9.13. The number of nitrogens with zero attached hydrogens (tertiary/aromatic N) is 2. The van der Waals surface area contributed by atoms with E-state index in [2.05, 4.69) is 5.32 Å². The highest BCUT2D eigenvalue weighted by Gasteiger charge is 2.31. The van der Waals surface area contributed by atoms with Crippen molar-refractivity contribution in [1.82, 2.24) is 15.2 Å². The van der Waals surface area contributed by atoms with Crippen LogP contribution >= 0.6 is 11.3 Å². The summed E-state index contributed by atoms with van der Waals surface area (Å²) in [6, 6.07) is 15.5. The maximum absolute atomic E-state index is 12.9. The van der Waals surface area contributed by atoms with E-state index in [9.17, 15) is 18.0 Å². The lowest BCUT2D eigenvalue weighted by molar-refractivity contribution is -0.137. The molecule has 2 heterocycles. The van der Waals surface area contributed by atoms with Gasteiger partial charge in [0.2, 0.25) is 5.91 Å². The van der Waals surface area contributed by atoms with E-state index in [0.29, 0.717) is 31.6 Å². The molecule has 3 aromatic rings. The summed E-state index contributed by atoms with van der Waals surface area (Å²) in [6.07, 6.45) is -1.47. The first-order chi connectivity index (χ1) is 15.9. The quantitative estimate of drug-likeness (QED) is 0.415. The Morgan fingerprint density at radius 2 is 1.94 bits per heavy atom. The van der Waals surface area contributed by atoms with Crippen LogP contribution in [0.3, 0.4) is 0 Å². The Labute approximate surface area is 195 Å². The van der Waals surface area contributed by atoms with E-state index in [1.165, 1.54) is 12.1 Å². The maximum Gasteiger partial charge on any atom is 0.416 e. The molecule has 1 N–H and O–H groups in total. The molecule has 1 unspecified atom stereocenters. The minimum absolute atomic E-state index is 0.153. The smallest absolute Gasteiger partial charge is 0.339 e. The third-order valence-corrected chi connectivity index (χ3v) is 6.79. The summed E-state index contributed by atoms with van der Waals surface area (Å²) < 4.78 is 38.6. The van der Waals surface area contributed by atoms with Crippen LogP contribution in [-0.4, -0.2) is 34.9 Å². The molecule has 4 rings (SSSR count). The molecule has 1 atom stereocenters. The van der Waals surface area contributed by atoms with Crippen LogP contribution in [0.5, 0.6) is 0 Å². The van der Waals surface area contributed by atoms with Crippen molar-refractivity contribution in [2.75, 3.05) is 13.1 Å². The number of carbonyl (C=O) groups is 1. The molecule has 0 saturated carbocycles. The highest BCUT2D eigenvalue weighted by atomic mass is 32.1. The number of thiazole rings is 1. The van der Waals surface area contributed by atoms with Gasteiger partial charge in [-0.05, 0) is 31.0 Å². The predicted molar refractivity (Wildman–Crippen MR) is 124 cm³/mol. The fourth-order valence-corrected chi connectivity index (χ4v) is 4.94. The van der Waals surface area contributed by atoms with Gasteiger partial charge >= 0.3 is 6.18 Å². The zero-order valence-electron chi connectivity index (χ0n) is 18.1. The third-order valence-electron chi connectivity index (χ3n) is 5.88. The number of hydrogen-bond donors (Lipinski definition) is 1. The predicted octanol–water partition coefficient (Wildman–Crippen LogP) is 5.54. The molecular formula is C25H26F3N3OS. The Kier molecular flexibility index (Phi) is 7.45. The molecule has 0 bridgehead atoms. The van der Waals surface area contributed by atoms with Crippen molar-refractivity contribution < 1.29 is 18.0 Å². The molecule has 1 aromatic heterocycles. The van der Waals surface area contributed by atoms with E-state index in [-0.39, 0.29) is 11.9 Å². The first-order valence-electron chi connectivity index (χ1n) is 11.1. The molecule has 4 nitrogen and oxygen atoms in total. The molecule has 2 aromatic carbocycles. The number of aromatic nitrogens is 1. The molecule has 1 fully saturated rings. The summed E-state index contributed by atoms with van der Waals surface area (Å²) in [5, 5.41) is 6.28. The van der Waals surface area contributed by atoms with Gasteiger partial charge in [-0.1, -0.05) is 48.5 Å². The molecule has 1 aliphatic rings. The van der Waals surface area contributed by atoms with Crippen molar-refractivity contribution in [2.45, 2.75) is 44.4 Å². The van der Waals surface area contributed by atoms with Crippen LogP contribution in [0, 0.1) is 0 Å². The molecule has 1 saturated heterocycles. The Morgan fingerprint density at radius 3 is 2.73 bits per heavy atom. The van der Waals surface area contributed by atoms with Crippen LogP contribution < -0.4 is 5.32 Å². The van der Waals surface area contributed by atoms with E-state index in [1.54, 1.807) is 17.4 Å². The van der Waals surface area contributed by atoms with Gasteiger partial charge < -0.3 is 10.2 Å². The zero-order valence-corrected chi connectivity index (χ0v) is 19.0. The van der Waals surface area contributed by atoms with Gasteiger partial charge in [0.25, 0.3) is 0 Å². The van der Waals surface area contributed by atoms with Gasteiger partial charge in [0.1, 0.15) is 0 Å². The summed E-state index contributed by atoms with van der Waals surface area (Å²) in [4.78, 5) is 19.1. The highest BCUT2D eigenvalue weighted by Crippen LogP contribution is 2.29.